The minimum absolute atomic E-state index is 0.0609. The molecule has 0 atom stereocenters. The molecule has 0 bridgehead atoms. The van der Waals surface area contributed by atoms with Gasteiger partial charge in [-0.3, -0.25) is 0 Å². The summed E-state index contributed by atoms with van der Waals surface area (Å²) in [5.41, 5.74) is 1.14. The normalized spacial score (nSPS) is 10.7. The standard InChI is InChI=1S/C16H13FO4/c17-14-9-11(5-7-16(19)20)4-6-15(14)21-10-12-2-1-3-13(18)8-12/h1-9,18H,10H2,(H,19,20)/b7-5+. The third-order valence-corrected chi connectivity index (χ3v) is 2.68. The lowest BCUT2D eigenvalue weighted by molar-refractivity contribution is -0.131. The van der Waals surface area contributed by atoms with Crippen LogP contribution in [0.2, 0.25) is 0 Å². The Bertz CT molecular complexity index is 680. The maximum absolute atomic E-state index is 13.8. The van der Waals surface area contributed by atoms with Crippen molar-refractivity contribution in [2.24, 2.45) is 0 Å². The number of carbonyl (C=O) groups is 1. The minimum Gasteiger partial charge on any atom is -0.508 e. The van der Waals surface area contributed by atoms with Crippen molar-refractivity contribution >= 4 is 12.0 Å². The Labute approximate surface area is 120 Å². The number of rotatable bonds is 5. The average Bonchev–Trinajstić information content (AvgIpc) is 2.44. The zero-order chi connectivity index (χ0) is 15.2. The molecule has 2 aromatic rings. The Morgan fingerprint density at radius 2 is 2.05 bits per heavy atom. The molecule has 0 fully saturated rings. The number of carboxylic acid groups (broad SMARTS) is 1. The molecule has 0 saturated heterocycles. The van der Waals surface area contributed by atoms with Crippen LogP contribution >= 0.6 is 0 Å². The highest BCUT2D eigenvalue weighted by Gasteiger charge is 2.05. The van der Waals surface area contributed by atoms with Gasteiger partial charge in [-0.15, -0.1) is 0 Å². The van der Waals surface area contributed by atoms with E-state index in [1.807, 2.05) is 0 Å². The molecule has 5 heteroatoms. The summed E-state index contributed by atoms with van der Waals surface area (Å²) in [7, 11) is 0. The second-order valence-corrected chi connectivity index (χ2v) is 4.32. The highest BCUT2D eigenvalue weighted by Crippen LogP contribution is 2.21. The average molecular weight is 288 g/mol. The molecule has 21 heavy (non-hydrogen) atoms. The van der Waals surface area contributed by atoms with Gasteiger partial charge in [0.1, 0.15) is 12.4 Å². The topological polar surface area (TPSA) is 66.8 Å². The van der Waals surface area contributed by atoms with Gasteiger partial charge >= 0.3 is 5.97 Å². The van der Waals surface area contributed by atoms with Gasteiger partial charge in [-0.25, -0.2) is 9.18 Å². The van der Waals surface area contributed by atoms with Gasteiger partial charge in [0.25, 0.3) is 0 Å². The van der Waals surface area contributed by atoms with Crippen LogP contribution in [0.4, 0.5) is 4.39 Å². The summed E-state index contributed by atoms with van der Waals surface area (Å²) in [6.07, 6.45) is 2.23. The van der Waals surface area contributed by atoms with Gasteiger partial charge < -0.3 is 14.9 Å². The van der Waals surface area contributed by atoms with Crippen molar-refractivity contribution in [3.05, 3.63) is 65.5 Å². The van der Waals surface area contributed by atoms with E-state index in [2.05, 4.69) is 0 Å². The monoisotopic (exact) mass is 288 g/mol. The molecular formula is C16H13FO4. The quantitative estimate of drug-likeness (QED) is 0.829. The van der Waals surface area contributed by atoms with Crippen LogP contribution in [0.15, 0.2) is 48.5 Å². The second-order valence-electron chi connectivity index (χ2n) is 4.32. The van der Waals surface area contributed by atoms with Gasteiger partial charge in [0.05, 0.1) is 0 Å². The first kappa shape index (κ1) is 14.6. The smallest absolute Gasteiger partial charge is 0.328 e. The van der Waals surface area contributed by atoms with Crippen LogP contribution in [0.1, 0.15) is 11.1 Å². The predicted octanol–water partition coefficient (Wildman–Crippen LogP) is 3.21. The Morgan fingerprint density at radius 1 is 1.24 bits per heavy atom. The molecule has 0 radical (unpaired) electrons. The zero-order valence-corrected chi connectivity index (χ0v) is 11.0. The van der Waals surface area contributed by atoms with Crippen molar-refractivity contribution in [1.82, 2.24) is 0 Å². The van der Waals surface area contributed by atoms with Crippen LogP contribution in [0.3, 0.4) is 0 Å². The van der Waals surface area contributed by atoms with Crippen LogP contribution in [-0.4, -0.2) is 16.2 Å². The number of aromatic hydroxyl groups is 1. The number of aliphatic carboxylic acids is 1. The molecule has 108 valence electrons. The summed E-state index contributed by atoms with van der Waals surface area (Å²) in [6, 6.07) is 10.7. The summed E-state index contributed by atoms with van der Waals surface area (Å²) in [6.45, 7) is 0.121. The van der Waals surface area contributed by atoms with Gasteiger partial charge in [-0.1, -0.05) is 18.2 Å². The molecular weight excluding hydrogens is 275 g/mol. The van der Waals surface area contributed by atoms with E-state index < -0.39 is 11.8 Å². The molecule has 0 aliphatic heterocycles. The van der Waals surface area contributed by atoms with Crippen LogP contribution in [0, 0.1) is 5.82 Å². The first-order valence-electron chi connectivity index (χ1n) is 6.16. The molecule has 4 nitrogen and oxygen atoms in total. The Balaban J connectivity index is 2.06. The van der Waals surface area contributed by atoms with Crippen LogP contribution in [0.5, 0.6) is 11.5 Å². The van der Waals surface area contributed by atoms with Crippen LogP contribution in [0.25, 0.3) is 6.08 Å². The van der Waals surface area contributed by atoms with E-state index >= 15 is 0 Å². The van der Waals surface area contributed by atoms with E-state index in [1.54, 1.807) is 18.2 Å². The Kier molecular flexibility index (Phi) is 4.56. The molecule has 0 unspecified atom stereocenters. The van der Waals surface area contributed by atoms with E-state index in [-0.39, 0.29) is 18.1 Å². The summed E-state index contributed by atoms with van der Waals surface area (Å²) < 4.78 is 19.1. The molecule has 0 heterocycles. The van der Waals surface area contributed by atoms with E-state index in [0.29, 0.717) is 11.1 Å². The molecule has 0 saturated carbocycles. The number of phenols is 1. The number of phenolic OH excluding ortho intramolecular Hbond substituents is 1. The maximum atomic E-state index is 13.8. The fourth-order valence-corrected chi connectivity index (χ4v) is 1.71. The lowest BCUT2D eigenvalue weighted by Gasteiger charge is -2.08. The first-order valence-corrected chi connectivity index (χ1v) is 6.16. The third-order valence-electron chi connectivity index (χ3n) is 2.68. The molecule has 0 spiro atoms. The van der Waals surface area contributed by atoms with Crippen LogP contribution < -0.4 is 4.74 Å². The lowest BCUT2D eigenvalue weighted by atomic mass is 10.2. The summed E-state index contributed by atoms with van der Waals surface area (Å²) in [4.78, 5) is 10.4. The number of ether oxygens (including phenoxy) is 1. The largest absolute Gasteiger partial charge is 0.508 e. The summed E-state index contributed by atoms with van der Waals surface area (Å²) in [5, 5.41) is 17.8. The van der Waals surface area contributed by atoms with E-state index in [0.717, 1.165) is 6.08 Å². The molecule has 2 N–H and O–H groups in total. The minimum atomic E-state index is -1.10. The SMILES string of the molecule is O=C(O)/C=C/c1ccc(OCc2cccc(O)c2)c(F)c1. The van der Waals surface area contributed by atoms with Crippen molar-refractivity contribution in [2.75, 3.05) is 0 Å². The number of halogens is 1. The van der Waals surface area contributed by atoms with E-state index in [1.165, 1.54) is 30.3 Å². The molecule has 2 rings (SSSR count). The fraction of sp³-hybridized carbons (Fsp3) is 0.0625. The molecule has 0 aliphatic carbocycles. The number of hydrogen-bond donors (Lipinski definition) is 2. The predicted molar refractivity (Wildman–Crippen MR) is 75.5 cm³/mol. The second kappa shape index (κ2) is 6.56. The van der Waals surface area contributed by atoms with Crippen molar-refractivity contribution in [3.8, 4) is 11.5 Å². The fourth-order valence-electron chi connectivity index (χ4n) is 1.71. The highest BCUT2D eigenvalue weighted by molar-refractivity contribution is 5.85. The first-order chi connectivity index (χ1) is 10.0. The number of carboxylic acids is 1. The van der Waals surface area contributed by atoms with Crippen LogP contribution in [-0.2, 0) is 11.4 Å². The highest BCUT2D eigenvalue weighted by atomic mass is 19.1. The lowest BCUT2D eigenvalue weighted by Crippen LogP contribution is -1.97. The maximum Gasteiger partial charge on any atom is 0.328 e. The number of hydrogen-bond acceptors (Lipinski definition) is 3. The molecule has 0 amide bonds. The Morgan fingerprint density at radius 3 is 2.71 bits per heavy atom. The molecule has 0 aromatic heterocycles. The Hall–Kier alpha value is -2.82. The van der Waals surface area contributed by atoms with Gasteiger partial charge in [-0.05, 0) is 41.5 Å². The summed E-state index contributed by atoms with van der Waals surface area (Å²) >= 11 is 0. The van der Waals surface area contributed by atoms with Gasteiger partial charge in [0.15, 0.2) is 11.6 Å². The van der Waals surface area contributed by atoms with Gasteiger partial charge in [-0.2, -0.15) is 0 Å². The molecule has 2 aromatic carbocycles. The summed E-state index contributed by atoms with van der Waals surface area (Å²) in [5.74, 6) is -1.50. The van der Waals surface area contributed by atoms with Crippen molar-refractivity contribution in [3.63, 3.8) is 0 Å². The number of benzene rings is 2. The zero-order valence-electron chi connectivity index (χ0n) is 11.0. The van der Waals surface area contributed by atoms with Crippen molar-refractivity contribution in [1.29, 1.82) is 0 Å². The molecule has 0 aliphatic rings. The van der Waals surface area contributed by atoms with Crippen molar-refractivity contribution < 1.29 is 24.1 Å². The van der Waals surface area contributed by atoms with Gasteiger partial charge in [0.2, 0.25) is 0 Å². The van der Waals surface area contributed by atoms with E-state index in [4.69, 9.17) is 9.84 Å². The van der Waals surface area contributed by atoms with Crippen molar-refractivity contribution in [2.45, 2.75) is 6.61 Å². The van der Waals surface area contributed by atoms with E-state index in [9.17, 15) is 14.3 Å². The van der Waals surface area contributed by atoms with Gasteiger partial charge in [0, 0.05) is 6.08 Å². The third kappa shape index (κ3) is 4.35.